The number of aliphatic hydroxyl groups is 1. The predicted octanol–water partition coefficient (Wildman–Crippen LogP) is 2.47. The number of nitrogens with two attached hydrogens (primary N) is 1. The van der Waals surface area contributed by atoms with Crippen LogP contribution in [0.5, 0.6) is 0 Å². The molecule has 0 aromatic heterocycles. The van der Waals surface area contributed by atoms with Gasteiger partial charge in [-0.25, -0.2) is 0 Å². The molecule has 14 heavy (non-hydrogen) atoms. The Balaban J connectivity index is 2.94. The highest BCUT2D eigenvalue weighted by atomic mass is 79.9. The second-order valence-electron chi connectivity index (χ2n) is 4.15. The fourth-order valence-corrected chi connectivity index (χ4v) is 1.66. The molecule has 0 aliphatic rings. The fraction of sp³-hybridized carbons (Fsp3) is 0.455. The summed E-state index contributed by atoms with van der Waals surface area (Å²) in [5.41, 5.74) is 6.22. The van der Waals surface area contributed by atoms with Crippen LogP contribution in [0.4, 0.5) is 0 Å². The molecule has 0 bridgehead atoms. The van der Waals surface area contributed by atoms with Gasteiger partial charge in [-0.3, -0.25) is 0 Å². The molecule has 1 rings (SSSR count). The molecule has 0 radical (unpaired) electrons. The summed E-state index contributed by atoms with van der Waals surface area (Å²) in [6.45, 7) is 4.37. The van der Waals surface area contributed by atoms with E-state index in [0.717, 1.165) is 10.0 Å². The molecule has 1 atom stereocenters. The van der Waals surface area contributed by atoms with E-state index in [1.165, 1.54) is 0 Å². The van der Waals surface area contributed by atoms with Crippen molar-refractivity contribution in [3.63, 3.8) is 0 Å². The third-order valence-corrected chi connectivity index (χ3v) is 2.92. The largest absolute Gasteiger partial charge is 0.388 e. The van der Waals surface area contributed by atoms with Crippen molar-refractivity contribution in [2.24, 2.45) is 11.1 Å². The Morgan fingerprint density at radius 2 is 2.14 bits per heavy atom. The molecule has 0 spiro atoms. The summed E-state index contributed by atoms with van der Waals surface area (Å²) in [5, 5.41) is 10.1. The van der Waals surface area contributed by atoms with Gasteiger partial charge < -0.3 is 10.8 Å². The Morgan fingerprint density at radius 1 is 1.50 bits per heavy atom. The van der Waals surface area contributed by atoms with E-state index in [1.807, 2.05) is 38.1 Å². The first-order valence-corrected chi connectivity index (χ1v) is 5.40. The number of aliphatic hydroxyl groups excluding tert-OH is 1. The van der Waals surface area contributed by atoms with Gasteiger partial charge in [0, 0.05) is 16.4 Å². The number of halogens is 1. The van der Waals surface area contributed by atoms with Gasteiger partial charge in [0.25, 0.3) is 0 Å². The molecular formula is C11H16BrNO. The predicted molar refractivity (Wildman–Crippen MR) is 61.9 cm³/mol. The van der Waals surface area contributed by atoms with Crippen molar-refractivity contribution < 1.29 is 5.11 Å². The molecule has 0 saturated carbocycles. The SMILES string of the molecule is CC(C)(CN)C(O)c1cccc(Br)c1. The molecular weight excluding hydrogens is 242 g/mol. The smallest absolute Gasteiger partial charge is 0.0853 e. The van der Waals surface area contributed by atoms with Crippen molar-refractivity contribution >= 4 is 15.9 Å². The van der Waals surface area contributed by atoms with E-state index in [0.29, 0.717) is 6.54 Å². The maximum atomic E-state index is 10.1. The Morgan fingerprint density at radius 3 is 2.64 bits per heavy atom. The van der Waals surface area contributed by atoms with Gasteiger partial charge in [-0.1, -0.05) is 41.9 Å². The molecule has 0 heterocycles. The summed E-state index contributed by atoms with van der Waals surface area (Å²) in [4.78, 5) is 0. The molecule has 0 amide bonds. The number of hydrogen-bond donors (Lipinski definition) is 2. The minimum atomic E-state index is -0.523. The van der Waals surface area contributed by atoms with Crippen molar-refractivity contribution in [1.29, 1.82) is 0 Å². The van der Waals surface area contributed by atoms with Gasteiger partial charge in [-0.15, -0.1) is 0 Å². The summed E-state index contributed by atoms with van der Waals surface area (Å²) >= 11 is 3.38. The molecule has 3 heteroatoms. The summed E-state index contributed by atoms with van der Waals surface area (Å²) in [7, 11) is 0. The van der Waals surface area contributed by atoms with Crippen LogP contribution in [-0.4, -0.2) is 11.7 Å². The van der Waals surface area contributed by atoms with Crippen LogP contribution in [0.25, 0.3) is 0 Å². The zero-order chi connectivity index (χ0) is 10.8. The lowest BCUT2D eigenvalue weighted by molar-refractivity contribution is 0.0555. The highest BCUT2D eigenvalue weighted by Gasteiger charge is 2.27. The molecule has 3 N–H and O–H groups in total. The number of hydrogen-bond acceptors (Lipinski definition) is 2. The lowest BCUT2D eigenvalue weighted by Crippen LogP contribution is -2.30. The standard InChI is InChI=1S/C11H16BrNO/c1-11(2,7-13)10(14)8-4-3-5-9(12)6-8/h3-6,10,14H,7,13H2,1-2H3. The monoisotopic (exact) mass is 257 g/mol. The average Bonchev–Trinajstić information content (AvgIpc) is 2.16. The van der Waals surface area contributed by atoms with Gasteiger partial charge in [-0.2, -0.15) is 0 Å². The molecule has 2 nitrogen and oxygen atoms in total. The van der Waals surface area contributed by atoms with Gasteiger partial charge >= 0.3 is 0 Å². The third-order valence-electron chi connectivity index (χ3n) is 2.43. The Bertz CT molecular complexity index is 312. The Labute approximate surface area is 93.3 Å². The topological polar surface area (TPSA) is 46.2 Å². The molecule has 1 aromatic rings. The second-order valence-corrected chi connectivity index (χ2v) is 5.07. The van der Waals surface area contributed by atoms with Gasteiger partial charge in [-0.05, 0) is 17.7 Å². The minimum absolute atomic E-state index is 0.291. The van der Waals surface area contributed by atoms with E-state index in [2.05, 4.69) is 15.9 Å². The fourth-order valence-electron chi connectivity index (χ4n) is 1.24. The van der Waals surface area contributed by atoms with Gasteiger partial charge in [0.2, 0.25) is 0 Å². The van der Waals surface area contributed by atoms with E-state index in [1.54, 1.807) is 0 Å². The first kappa shape index (κ1) is 11.7. The molecule has 78 valence electrons. The van der Waals surface area contributed by atoms with Crippen LogP contribution in [0.1, 0.15) is 25.5 Å². The van der Waals surface area contributed by atoms with Crippen molar-refractivity contribution in [2.45, 2.75) is 20.0 Å². The van der Waals surface area contributed by atoms with E-state index in [4.69, 9.17) is 5.73 Å². The maximum absolute atomic E-state index is 10.1. The van der Waals surface area contributed by atoms with Crippen molar-refractivity contribution in [3.8, 4) is 0 Å². The van der Waals surface area contributed by atoms with Crippen LogP contribution in [0.15, 0.2) is 28.7 Å². The van der Waals surface area contributed by atoms with Gasteiger partial charge in [0.05, 0.1) is 6.10 Å². The minimum Gasteiger partial charge on any atom is -0.388 e. The van der Waals surface area contributed by atoms with Crippen LogP contribution in [0.3, 0.4) is 0 Å². The number of benzene rings is 1. The Hall–Kier alpha value is -0.380. The zero-order valence-corrected chi connectivity index (χ0v) is 10.1. The lowest BCUT2D eigenvalue weighted by Gasteiger charge is -2.29. The Kier molecular flexibility index (Phi) is 3.70. The second kappa shape index (κ2) is 4.43. The van der Waals surface area contributed by atoms with E-state index < -0.39 is 6.10 Å². The quantitative estimate of drug-likeness (QED) is 0.874. The lowest BCUT2D eigenvalue weighted by atomic mass is 9.83. The van der Waals surface area contributed by atoms with Crippen LogP contribution in [0, 0.1) is 5.41 Å². The normalized spacial score (nSPS) is 14.1. The molecule has 0 fully saturated rings. The first-order chi connectivity index (χ1) is 6.47. The molecule has 0 saturated heterocycles. The highest BCUT2D eigenvalue weighted by molar-refractivity contribution is 9.10. The van der Waals surface area contributed by atoms with Crippen LogP contribution in [-0.2, 0) is 0 Å². The first-order valence-electron chi connectivity index (χ1n) is 4.61. The molecule has 0 aliphatic heterocycles. The summed E-state index contributed by atoms with van der Waals surface area (Å²) in [5.74, 6) is 0. The van der Waals surface area contributed by atoms with Crippen molar-refractivity contribution in [3.05, 3.63) is 34.3 Å². The van der Waals surface area contributed by atoms with Crippen LogP contribution >= 0.6 is 15.9 Å². The third kappa shape index (κ3) is 2.56. The van der Waals surface area contributed by atoms with Crippen molar-refractivity contribution in [1.82, 2.24) is 0 Å². The average molecular weight is 258 g/mol. The number of rotatable bonds is 3. The highest BCUT2D eigenvalue weighted by Crippen LogP contribution is 2.32. The summed E-state index contributed by atoms with van der Waals surface area (Å²) in [6, 6.07) is 7.68. The van der Waals surface area contributed by atoms with Crippen LogP contribution in [0.2, 0.25) is 0 Å². The summed E-state index contributed by atoms with van der Waals surface area (Å²) in [6.07, 6.45) is -0.523. The van der Waals surface area contributed by atoms with Gasteiger partial charge in [0.15, 0.2) is 0 Å². The van der Waals surface area contributed by atoms with Crippen LogP contribution < -0.4 is 5.73 Å². The molecule has 1 aromatic carbocycles. The van der Waals surface area contributed by atoms with E-state index >= 15 is 0 Å². The van der Waals surface area contributed by atoms with E-state index in [-0.39, 0.29) is 5.41 Å². The van der Waals surface area contributed by atoms with E-state index in [9.17, 15) is 5.11 Å². The molecule has 0 aliphatic carbocycles. The van der Waals surface area contributed by atoms with Gasteiger partial charge in [0.1, 0.15) is 0 Å². The molecule has 1 unspecified atom stereocenters. The maximum Gasteiger partial charge on any atom is 0.0853 e. The summed E-state index contributed by atoms with van der Waals surface area (Å²) < 4.78 is 0.974. The zero-order valence-electron chi connectivity index (χ0n) is 8.50. The van der Waals surface area contributed by atoms with Crippen molar-refractivity contribution in [2.75, 3.05) is 6.54 Å².